The molecule has 0 fully saturated rings. The average molecular weight is 291 g/mol. The Labute approximate surface area is 129 Å². The van der Waals surface area contributed by atoms with Gasteiger partial charge in [-0.1, -0.05) is 55.5 Å². The summed E-state index contributed by atoms with van der Waals surface area (Å²) < 4.78 is 0. The number of fused-ring (bicyclic) bond motifs is 1. The average Bonchev–Trinajstić information content (AvgIpc) is 2.64. The summed E-state index contributed by atoms with van der Waals surface area (Å²) in [5, 5.41) is 11.8. The molecule has 1 aromatic carbocycles. The van der Waals surface area contributed by atoms with E-state index in [0.717, 1.165) is 34.2 Å². The Kier molecular flexibility index (Phi) is 3.63. The Balaban J connectivity index is 2.48. The van der Waals surface area contributed by atoms with Gasteiger partial charge >= 0.3 is 0 Å². The van der Waals surface area contributed by atoms with Gasteiger partial charge in [0.2, 0.25) is 0 Å². The molecule has 0 heterocycles. The van der Waals surface area contributed by atoms with Crippen LogP contribution < -0.4 is 0 Å². The van der Waals surface area contributed by atoms with Crippen LogP contribution in [0.1, 0.15) is 18.1 Å². The quantitative estimate of drug-likeness (QED) is 0.489. The molecule has 0 spiro atoms. The first kappa shape index (κ1) is 14.3. The van der Waals surface area contributed by atoms with Crippen LogP contribution in [0.15, 0.2) is 54.6 Å². The molecule has 22 heavy (non-hydrogen) atoms. The highest BCUT2D eigenvalue weighted by Gasteiger charge is 2.30. The molecule has 1 aromatic rings. The summed E-state index contributed by atoms with van der Waals surface area (Å²) in [4.78, 5) is 11.5. The smallest absolute Gasteiger partial charge is 0.258 e. The van der Waals surface area contributed by atoms with Crippen LogP contribution in [0.2, 0.25) is 0 Å². The van der Waals surface area contributed by atoms with Gasteiger partial charge in [0.15, 0.2) is 0 Å². The number of rotatable bonds is 3. The summed E-state index contributed by atoms with van der Waals surface area (Å²) in [6, 6.07) is 17.4. The van der Waals surface area contributed by atoms with Crippen molar-refractivity contribution in [2.24, 2.45) is 0 Å². The summed E-state index contributed by atoms with van der Waals surface area (Å²) in [7, 11) is 0. The van der Waals surface area contributed by atoms with Crippen LogP contribution in [0.3, 0.4) is 0 Å². The van der Waals surface area contributed by atoms with Gasteiger partial charge in [0.05, 0.1) is 16.1 Å². The highest BCUT2D eigenvalue weighted by Crippen LogP contribution is 2.48. The predicted octanol–water partition coefficient (Wildman–Crippen LogP) is 5.24. The molecule has 0 unspecified atom stereocenters. The third kappa shape index (κ3) is 2.15. The number of benzene rings is 1. The zero-order valence-corrected chi connectivity index (χ0v) is 12.7. The molecule has 0 saturated heterocycles. The third-order valence-corrected chi connectivity index (χ3v) is 4.11. The molecule has 0 radical (unpaired) electrons. The van der Waals surface area contributed by atoms with Gasteiger partial charge in [0, 0.05) is 0 Å². The molecule has 3 rings (SSSR count). The van der Waals surface area contributed by atoms with E-state index in [1.54, 1.807) is 0 Å². The van der Waals surface area contributed by atoms with Crippen LogP contribution in [0.4, 0.5) is 5.69 Å². The minimum atomic E-state index is -0.247. The van der Waals surface area contributed by atoms with Gasteiger partial charge in [-0.3, -0.25) is 10.1 Å². The fourth-order valence-corrected chi connectivity index (χ4v) is 3.13. The van der Waals surface area contributed by atoms with Crippen molar-refractivity contribution in [1.29, 1.82) is 0 Å². The van der Waals surface area contributed by atoms with Gasteiger partial charge in [-0.05, 0) is 41.7 Å². The molecule has 110 valence electrons. The van der Waals surface area contributed by atoms with E-state index in [2.05, 4.69) is 0 Å². The van der Waals surface area contributed by atoms with Crippen molar-refractivity contribution < 1.29 is 4.92 Å². The summed E-state index contributed by atoms with van der Waals surface area (Å²) in [6.45, 7) is 4.05. The Morgan fingerprint density at radius 2 is 1.50 bits per heavy atom. The third-order valence-electron chi connectivity index (χ3n) is 4.11. The van der Waals surface area contributed by atoms with Crippen molar-refractivity contribution in [1.82, 2.24) is 0 Å². The zero-order valence-electron chi connectivity index (χ0n) is 12.7. The molecule has 2 aliphatic rings. The zero-order chi connectivity index (χ0) is 15.7. The van der Waals surface area contributed by atoms with Crippen molar-refractivity contribution in [2.75, 3.05) is 0 Å². The van der Waals surface area contributed by atoms with E-state index in [1.807, 2.05) is 68.4 Å². The molecule has 0 amide bonds. The maximum absolute atomic E-state index is 11.8. The lowest BCUT2D eigenvalue weighted by Gasteiger charge is -2.06. The molecular formula is C19H17NO2. The lowest BCUT2D eigenvalue weighted by Crippen LogP contribution is -1.92. The van der Waals surface area contributed by atoms with Crippen LogP contribution in [-0.2, 0) is 6.42 Å². The molecule has 0 bridgehead atoms. The second-order valence-corrected chi connectivity index (χ2v) is 5.37. The van der Waals surface area contributed by atoms with Gasteiger partial charge in [0.25, 0.3) is 5.69 Å². The summed E-state index contributed by atoms with van der Waals surface area (Å²) in [5.41, 5.74) is 5.73. The minimum Gasteiger partial charge on any atom is -0.258 e. The van der Waals surface area contributed by atoms with E-state index < -0.39 is 0 Å². The summed E-state index contributed by atoms with van der Waals surface area (Å²) in [5.74, 6) is 0. The van der Waals surface area contributed by atoms with E-state index in [0.29, 0.717) is 5.56 Å². The predicted molar refractivity (Wildman–Crippen MR) is 89.3 cm³/mol. The molecular weight excluding hydrogens is 274 g/mol. The molecule has 0 aromatic heterocycles. The fourth-order valence-electron chi connectivity index (χ4n) is 3.13. The Morgan fingerprint density at radius 3 is 2.14 bits per heavy atom. The van der Waals surface area contributed by atoms with Crippen LogP contribution in [0.5, 0.6) is 0 Å². The number of nitrogens with zero attached hydrogens (tertiary/aromatic N) is 1. The van der Waals surface area contributed by atoms with Crippen molar-refractivity contribution in [3.8, 4) is 22.3 Å². The Bertz CT molecular complexity index is 824. The van der Waals surface area contributed by atoms with E-state index >= 15 is 0 Å². The van der Waals surface area contributed by atoms with Crippen LogP contribution in [0, 0.1) is 17.0 Å². The van der Waals surface area contributed by atoms with Crippen molar-refractivity contribution in [3.05, 3.63) is 75.8 Å². The van der Waals surface area contributed by atoms with E-state index in [-0.39, 0.29) is 10.6 Å². The molecule has 0 aliphatic heterocycles. The normalized spacial score (nSPS) is 10.8. The SMILES string of the molecule is CCc1c2cccccc-2c([N+](=O)[O-])c1-c1ccccc1C. The molecule has 0 N–H and O–H groups in total. The van der Waals surface area contributed by atoms with E-state index in [9.17, 15) is 10.1 Å². The molecule has 0 atom stereocenters. The van der Waals surface area contributed by atoms with Crippen LogP contribution in [0.25, 0.3) is 22.3 Å². The molecule has 0 saturated carbocycles. The van der Waals surface area contributed by atoms with Gasteiger partial charge in [-0.2, -0.15) is 0 Å². The lowest BCUT2D eigenvalue weighted by atomic mass is 9.97. The van der Waals surface area contributed by atoms with Gasteiger partial charge in [-0.15, -0.1) is 0 Å². The van der Waals surface area contributed by atoms with Crippen molar-refractivity contribution >= 4 is 5.69 Å². The largest absolute Gasteiger partial charge is 0.285 e. The first-order valence-electron chi connectivity index (χ1n) is 7.39. The molecule has 3 heteroatoms. The Morgan fingerprint density at radius 1 is 0.909 bits per heavy atom. The highest BCUT2D eigenvalue weighted by molar-refractivity contribution is 5.96. The fraction of sp³-hybridized carbons (Fsp3) is 0.158. The van der Waals surface area contributed by atoms with Crippen molar-refractivity contribution in [2.45, 2.75) is 20.3 Å². The van der Waals surface area contributed by atoms with E-state index in [1.165, 1.54) is 0 Å². The van der Waals surface area contributed by atoms with Crippen LogP contribution >= 0.6 is 0 Å². The molecule has 3 nitrogen and oxygen atoms in total. The van der Waals surface area contributed by atoms with E-state index in [4.69, 9.17) is 0 Å². The minimum absolute atomic E-state index is 0.220. The topological polar surface area (TPSA) is 43.1 Å². The summed E-state index contributed by atoms with van der Waals surface area (Å²) in [6.07, 6.45) is 0.762. The monoisotopic (exact) mass is 291 g/mol. The van der Waals surface area contributed by atoms with Gasteiger partial charge in [0.1, 0.15) is 0 Å². The number of aryl methyl sites for hydroxylation is 1. The Hall–Kier alpha value is -2.68. The van der Waals surface area contributed by atoms with Gasteiger partial charge in [-0.25, -0.2) is 0 Å². The first-order valence-corrected chi connectivity index (χ1v) is 7.39. The summed E-state index contributed by atoms with van der Waals surface area (Å²) >= 11 is 0. The second kappa shape index (κ2) is 5.60. The highest BCUT2D eigenvalue weighted by atomic mass is 16.6. The number of hydrogen-bond donors (Lipinski definition) is 0. The number of hydrogen-bond acceptors (Lipinski definition) is 2. The van der Waals surface area contributed by atoms with Crippen molar-refractivity contribution in [3.63, 3.8) is 0 Å². The first-order chi connectivity index (χ1) is 10.6. The standard InChI is InChI=1S/C19H17NO2/c1-3-14-16-11-5-4-6-12-17(16)19(20(21)22)18(14)15-10-8-7-9-13(15)2/h4-12H,3H2,1-2H3. The number of nitro groups is 1. The lowest BCUT2D eigenvalue weighted by molar-refractivity contribution is -0.383. The van der Waals surface area contributed by atoms with Gasteiger partial charge < -0.3 is 0 Å². The van der Waals surface area contributed by atoms with Crippen LogP contribution in [-0.4, -0.2) is 4.92 Å². The maximum atomic E-state index is 11.8. The molecule has 2 aliphatic carbocycles. The maximum Gasteiger partial charge on any atom is 0.285 e. The second-order valence-electron chi connectivity index (χ2n) is 5.37.